The number of amides is 1. The number of nitrogens with one attached hydrogen (secondary N) is 1. The van der Waals surface area contributed by atoms with Crippen molar-refractivity contribution in [2.75, 3.05) is 26.2 Å². The van der Waals surface area contributed by atoms with Crippen molar-refractivity contribution in [1.82, 2.24) is 4.90 Å². The van der Waals surface area contributed by atoms with Crippen LogP contribution in [0.25, 0.3) is 0 Å². The lowest BCUT2D eigenvalue weighted by molar-refractivity contribution is -0.933. The molecule has 0 radical (unpaired) electrons. The first-order valence-electron chi connectivity index (χ1n) is 9.51. The van der Waals surface area contributed by atoms with Gasteiger partial charge in [-0.3, -0.25) is 4.79 Å². The smallest absolute Gasteiger partial charge is 0.269 e. The van der Waals surface area contributed by atoms with E-state index in [0.29, 0.717) is 19.1 Å². The second-order valence-corrected chi connectivity index (χ2v) is 7.46. The van der Waals surface area contributed by atoms with Gasteiger partial charge in [-0.1, -0.05) is 43.5 Å². The third-order valence-electron chi connectivity index (χ3n) is 5.99. The topological polar surface area (TPSA) is 64.9 Å². The molecule has 0 bridgehead atoms. The number of benzene rings is 1. The van der Waals surface area contributed by atoms with Crippen molar-refractivity contribution in [3.63, 3.8) is 0 Å². The molecule has 1 amide bonds. The highest BCUT2D eigenvalue weighted by Crippen LogP contribution is 2.32. The summed E-state index contributed by atoms with van der Waals surface area (Å²) in [6, 6.07) is 9.43. The van der Waals surface area contributed by atoms with Crippen LogP contribution in [0.15, 0.2) is 24.3 Å². The number of rotatable bonds is 3. The van der Waals surface area contributed by atoms with Gasteiger partial charge in [-0.15, -0.1) is 0 Å². The number of hydrogen-bond donors (Lipinski definition) is 1. The van der Waals surface area contributed by atoms with Gasteiger partial charge >= 0.3 is 0 Å². The first-order valence-corrected chi connectivity index (χ1v) is 9.51. The highest BCUT2D eigenvalue weighted by atomic mass is 16.4. The van der Waals surface area contributed by atoms with E-state index >= 15 is 0 Å². The molecule has 2 fully saturated rings. The zero-order chi connectivity index (χ0) is 17.8. The summed E-state index contributed by atoms with van der Waals surface area (Å²) in [6.07, 6.45) is 6.70. The van der Waals surface area contributed by atoms with Gasteiger partial charge in [0.25, 0.3) is 5.91 Å². The minimum absolute atomic E-state index is 0.348. The summed E-state index contributed by atoms with van der Waals surface area (Å²) in [7, 11) is 0. The van der Waals surface area contributed by atoms with Crippen LogP contribution in [0, 0.1) is 0 Å². The van der Waals surface area contributed by atoms with Gasteiger partial charge in [-0.25, -0.2) is 0 Å². The Balaban J connectivity index is 1.57. The Morgan fingerprint density at radius 1 is 1.08 bits per heavy atom. The van der Waals surface area contributed by atoms with Crippen LogP contribution in [0.3, 0.4) is 0 Å². The maximum absolute atomic E-state index is 11.5. The van der Waals surface area contributed by atoms with E-state index in [4.69, 9.17) is 0 Å². The summed E-state index contributed by atoms with van der Waals surface area (Å²) in [6.45, 7) is 4.70. The molecule has 1 aliphatic carbocycles. The van der Waals surface area contributed by atoms with Gasteiger partial charge < -0.3 is 19.7 Å². The van der Waals surface area contributed by atoms with Gasteiger partial charge in [0.15, 0.2) is 0 Å². The first kappa shape index (κ1) is 17.9. The Bertz CT molecular complexity index is 600. The molecule has 1 saturated carbocycles. The van der Waals surface area contributed by atoms with E-state index in [1.807, 2.05) is 0 Å². The second-order valence-electron chi connectivity index (χ2n) is 7.46. The van der Waals surface area contributed by atoms with Gasteiger partial charge in [-0.05, 0) is 31.2 Å². The molecule has 1 N–H and O–H groups in total. The summed E-state index contributed by atoms with van der Waals surface area (Å²) in [4.78, 5) is 25.0. The minimum Gasteiger partial charge on any atom is -0.540 e. The Morgan fingerprint density at radius 3 is 2.24 bits per heavy atom. The summed E-state index contributed by atoms with van der Waals surface area (Å²) >= 11 is 0. The molecule has 0 aromatic heterocycles. The van der Waals surface area contributed by atoms with Crippen molar-refractivity contribution >= 4 is 11.9 Å². The number of carbonyl (C=O) groups is 2. The molecule has 1 heterocycles. The number of carbonyl (C=O) groups excluding carboxylic acids is 2. The van der Waals surface area contributed by atoms with E-state index in [0.717, 1.165) is 19.0 Å². The number of piperazine rings is 1. The quantitative estimate of drug-likeness (QED) is 0.801. The number of quaternary nitrogens is 1. The standard InChI is InChI=1S/C20H28N2O3/c1-15(21-11-13-22(14-12-21)19(23)20(24)25)16-7-9-18(10-8-16)17-5-3-2-4-6-17/h7-10,15,17H,2-6,11-14H2,1H3,(H,24,25)/t15-/m0/s1. The highest BCUT2D eigenvalue weighted by Gasteiger charge is 2.28. The highest BCUT2D eigenvalue weighted by molar-refractivity contribution is 6.30. The molecule has 3 rings (SSSR count). The number of nitrogens with zero attached hydrogens (tertiary/aromatic N) is 1. The molecule has 1 saturated heterocycles. The van der Waals surface area contributed by atoms with E-state index in [2.05, 4.69) is 31.2 Å². The van der Waals surface area contributed by atoms with Crippen LogP contribution in [-0.2, 0) is 9.59 Å². The van der Waals surface area contributed by atoms with E-state index in [1.165, 1.54) is 53.0 Å². The predicted octanol–water partition coefficient (Wildman–Crippen LogP) is 0.272. The molecule has 2 aliphatic rings. The molecule has 0 unspecified atom stereocenters. The van der Waals surface area contributed by atoms with E-state index < -0.39 is 11.9 Å². The van der Waals surface area contributed by atoms with Crippen molar-refractivity contribution < 1.29 is 19.6 Å². The van der Waals surface area contributed by atoms with Crippen LogP contribution in [0.5, 0.6) is 0 Å². The average molecular weight is 344 g/mol. The van der Waals surface area contributed by atoms with Gasteiger partial charge in [-0.2, -0.15) is 0 Å². The molecule has 1 aromatic carbocycles. The third kappa shape index (κ3) is 4.21. The Labute approximate surface area is 149 Å². The molecule has 1 atom stereocenters. The summed E-state index contributed by atoms with van der Waals surface area (Å²) < 4.78 is 0. The van der Waals surface area contributed by atoms with E-state index in [-0.39, 0.29) is 0 Å². The summed E-state index contributed by atoms with van der Waals surface area (Å²) in [5.74, 6) is -1.76. The molecule has 0 spiro atoms. The predicted molar refractivity (Wildman–Crippen MR) is 93.0 cm³/mol. The minimum atomic E-state index is -1.60. The zero-order valence-corrected chi connectivity index (χ0v) is 15.0. The maximum Gasteiger partial charge on any atom is 0.269 e. The summed E-state index contributed by atoms with van der Waals surface area (Å²) in [5.41, 5.74) is 2.78. The van der Waals surface area contributed by atoms with Gasteiger partial charge in [0.2, 0.25) is 0 Å². The molecular formula is C20H28N2O3. The number of hydrogen-bond acceptors (Lipinski definition) is 3. The second kappa shape index (κ2) is 8.00. The molecule has 5 heteroatoms. The molecule has 25 heavy (non-hydrogen) atoms. The van der Waals surface area contributed by atoms with Crippen LogP contribution in [0.4, 0.5) is 0 Å². The fourth-order valence-electron chi connectivity index (χ4n) is 4.29. The van der Waals surface area contributed by atoms with Gasteiger partial charge in [0.05, 0.1) is 26.2 Å². The van der Waals surface area contributed by atoms with E-state index in [1.54, 1.807) is 0 Å². The number of carboxylic acids is 1. The zero-order valence-electron chi connectivity index (χ0n) is 15.0. The lowest BCUT2D eigenvalue weighted by atomic mass is 9.83. The Kier molecular flexibility index (Phi) is 5.74. The van der Waals surface area contributed by atoms with Crippen LogP contribution < -0.4 is 10.0 Å². The van der Waals surface area contributed by atoms with Crippen molar-refractivity contribution in [3.8, 4) is 0 Å². The SMILES string of the molecule is C[C@@H](c1ccc(C2CCCCC2)cc1)[NH+]1CCN(C(=O)C(=O)[O-])CC1. The Hall–Kier alpha value is -1.88. The lowest BCUT2D eigenvalue weighted by Gasteiger charge is -2.35. The number of aliphatic carboxylic acids is 1. The number of carboxylic acid groups (broad SMARTS) is 1. The largest absolute Gasteiger partial charge is 0.540 e. The monoisotopic (exact) mass is 344 g/mol. The van der Waals surface area contributed by atoms with Crippen LogP contribution in [-0.4, -0.2) is 43.0 Å². The van der Waals surface area contributed by atoms with Gasteiger partial charge in [0.1, 0.15) is 12.0 Å². The van der Waals surface area contributed by atoms with Crippen molar-refractivity contribution in [1.29, 1.82) is 0 Å². The molecule has 136 valence electrons. The van der Waals surface area contributed by atoms with Crippen molar-refractivity contribution in [2.24, 2.45) is 0 Å². The summed E-state index contributed by atoms with van der Waals surface area (Å²) in [5, 5.41) is 10.7. The third-order valence-corrected chi connectivity index (χ3v) is 5.99. The fraction of sp³-hybridized carbons (Fsp3) is 0.600. The van der Waals surface area contributed by atoms with Crippen LogP contribution >= 0.6 is 0 Å². The molecule has 1 aromatic rings. The fourth-order valence-corrected chi connectivity index (χ4v) is 4.29. The van der Waals surface area contributed by atoms with Crippen LogP contribution in [0.1, 0.15) is 62.1 Å². The molecule has 1 aliphatic heterocycles. The average Bonchev–Trinajstić information content (AvgIpc) is 2.67. The normalized spacial score (nSPS) is 21.1. The van der Waals surface area contributed by atoms with E-state index in [9.17, 15) is 14.7 Å². The molecular weight excluding hydrogens is 316 g/mol. The van der Waals surface area contributed by atoms with Gasteiger partial charge in [0, 0.05) is 5.56 Å². The maximum atomic E-state index is 11.5. The first-order chi connectivity index (χ1) is 12.1. The molecule has 5 nitrogen and oxygen atoms in total. The van der Waals surface area contributed by atoms with Crippen molar-refractivity contribution in [3.05, 3.63) is 35.4 Å². The lowest BCUT2D eigenvalue weighted by Crippen LogP contribution is -3.14. The van der Waals surface area contributed by atoms with Crippen LogP contribution in [0.2, 0.25) is 0 Å². The Morgan fingerprint density at radius 2 is 1.68 bits per heavy atom. The van der Waals surface area contributed by atoms with Crippen molar-refractivity contribution in [2.45, 2.75) is 51.0 Å².